The smallest absolute Gasteiger partial charge is 0.0975 e. The quantitative estimate of drug-likeness (QED) is 0.704. The molecule has 0 aliphatic heterocycles. The Morgan fingerprint density at radius 2 is 1.94 bits per heavy atom. The number of aliphatic hydroxyl groups excluding tert-OH is 1. The Bertz CT molecular complexity index is 225. The molecule has 1 unspecified atom stereocenters. The van der Waals surface area contributed by atoms with E-state index in [9.17, 15) is 5.11 Å². The van der Waals surface area contributed by atoms with Crippen molar-refractivity contribution in [2.45, 2.75) is 65.5 Å². The predicted molar refractivity (Wildman–Crippen MR) is 70.8 cm³/mol. The van der Waals surface area contributed by atoms with Gasteiger partial charge in [0.2, 0.25) is 0 Å². The van der Waals surface area contributed by atoms with E-state index in [1.807, 2.05) is 20.8 Å². The topological polar surface area (TPSA) is 41.5 Å². The molecule has 1 fully saturated rings. The molecule has 0 aromatic rings. The van der Waals surface area contributed by atoms with E-state index in [-0.39, 0.29) is 18.2 Å². The van der Waals surface area contributed by atoms with Gasteiger partial charge in [0.25, 0.3) is 0 Å². The highest BCUT2D eigenvalue weighted by molar-refractivity contribution is 4.88. The first-order valence-electron chi connectivity index (χ1n) is 6.70. The summed E-state index contributed by atoms with van der Waals surface area (Å²) in [6.45, 7) is 11.5. The highest BCUT2D eigenvalue weighted by atomic mass is 16.5. The second-order valence-corrected chi connectivity index (χ2v) is 7.16. The summed E-state index contributed by atoms with van der Waals surface area (Å²) in [7, 11) is 0. The maximum Gasteiger partial charge on any atom is 0.0975 e. The molecule has 3 heteroatoms. The van der Waals surface area contributed by atoms with Gasteiger partial charge in [0.1, 0.15) is 0 Å². The van der Waals surface area contributed by atoms with Gasteiger partial charge in [-0.1, -0.05) is 13.8 Å². The summed E-state index contributed by atoms with van der Waals surface area (Å²) >= 11 is 0. The molecule has 3 nitrogen and oxygen atoms in total. The summed E-state index contributed by atoms with van der Waals surface area (Å²) in [5.41, 5.74) is 0.401. The summed E-state index contributed by atoms with van der Waals surface area (Å²) < 4.78 is 5.61. The summed E-state index contributed by atoms with van der Waals surface area (Å²) in [4.78, 5) is 0. The molecule has 1 rings (SSSR count). The van der Waals surface area contributed by atoms with Gasteiger partial charge in [-0.05, 0) is 51.4 Å². The number of aliphatic hydroxyl groups is 1. The van der Waals surface area contributed by atoms with E-state index in [1.54, 1.807) is 0 Å². The molecule has 0 bridgehead atoms. The lowest BCUT2D eigenvalue weighted by atomic mass is 9.63. The summed E-state index contributed by atoms with van der Waals surface area (Å²) in [5, 5.41) is 12.6. The number of nitrogens with one attached hydrogen (secondary N) is 1. The van der Waals surface area contributed by atoms with Crippen LogP contribution in [0.3, 0.4) is 0 Å². The van der Waals surface area contributed by atoms with Gasteiger partial charge in [-0.3, -0.25) is 5.32 Å². The van der Waals surface area contributed by atoms with E-state index in [0.29, 0.717) is 12.1 Å². The highest BCUT2D eigenvalue weighted by Crippen LogP contribution is 2.46. The third-order valence-corrected chi connectivity index (χ3v) is 3.40. The molecule has 1 saturated carbocycles. The fourth-order valence-corrected chi connectivity index (χ4v) is 2.67. The third-order valence-electron chi connectivity index (χ3n) is 3.40. The minimum absolute atomic E-state index is 0.120. The van der Waals surface area contributed by atoms with Crippen molar-refractivity contribution in [1.29, 1.82) is 0 Å². The number of ether oxygens (including phenoxy) is 1. The first-order valence-corrected chi connectivity index (χ1v) is 6.70. The summed E-state index contributed by atoms with van der Waals surface area (Å²) in [6, 6.07) is 0.179. The van der Waals surface area contributed by atoms with E-state index in [0.717, 1.165) is 12.3 Å². The molecule has 0 amide bonds. The molecule has 0 aromatic carbocycles. The van der Waals surface area contributed by atoms with Crippen LogP contribution in [0.5, 0.6) is 0 Å². The predicted octanol–water partition coefficient (Wildman–Crippen LogP) is 2.54. The van der Waals surface area contributed by atoms with Gasteiger partial charge in [0.05, 0.1) is 18.9 Å². The van der Waals surface area contributed by atoms with Crippen molar-refractivity contribution in [3.63, 3.8) is 0 Å². The zero-order valence-electron chi connectivity index (χ0n) is 12.0. The average Bonchev–Trinajstić information content (AvgIpc) is 2.11. The lowest BCUT2D eigenvalue weighted by molar-refractivity contribution is -0.0236. The molecule has 1 aliphatic carbocycles. The Morgan fingerprint density at radius 1 is 1.35 bits per heavy atom. The van der Waals surface area contributed by atoms with Crippen LogP contribution in [0.1, 0.15) is 53.9 Å². The highest BCUT2D eigenvalue weighted by Gasteiger charge is 2.36. The van der Waals surface area contributed by atoms with Crippen LogP contribution < -0.4 is 5.32 Å². The molecule has 0 aromatic heterocycles. The minimum Gasteiger partial charge on any atom is -0.395 e. The van der Waals surface area contributed by atoms with Gasteiger partial charge in [-0.25, -0.2) is 0 Å². The van der Waals surface area contributed by atoms with Crippen molar-refractivity contribution in [1.82, 2.24) is 5.32 Å². The van der Waals surface area contributed by atoms with Gasteiger partial charge >= 0.3 is 0 Å². The Balaban J connectivity index is 2.17. The average molecular weight is 243 g/mol. The molecule has 102 valence electrons. The zero-order chi connectivity index (χ0) is 13.1. The van der Waals surface area contributed by atoms with Crippen molar-refractivity contribution >= 4 is 0 Å². The molecule has 1 aliphatic rings. The third kappa shape index (κ3) is 5.84. The van der Waals surface area contributed by atoms with Gasteiger partial charge in [0.15, 0.2) is 0 Å². The molecule has 0 heterocycles. The van der Waals surface area contributed by atoms with Crippen LogP contribution in [-0.4, -0.2) is 30.1 Å². The molecular weight excluding hydrogens is 214 g/mol. The van der Waals surface area contributed by atoms with Gasteiger partial charge in [-0.2, -0.15) is 0 Å². The Hall–Kier alpha value is -0.120. The molecule has 0 spiro atoms. The fourth-order valence-electron chi connectivity index (χ4n) is 2.67. The molecule has 0 radical (unpaired) electrons. The van der Waals surface area contributed by atoms with E-state index < -0.39 is 0 Å². The first-order chi connectivity index (χ1) is 7.72. The molecular formula is C14H29NO2. The molecule has 1 atom stereocenters. The minimum atomic E-state index is -0.120. The molecule has 2 N–H and O–H groups in total. The van der Waals surface area contributed by atoms with Crippen LogP contribution in [-0.2, 0) is 4.74 Å². The summed E-state index contributed by atoms with van der Waals surface area (Å²) in [6.07, 6.45) is 3.63. The molecule has 17 heavy (non-hydrogen) atoms. The number of hydrogen-bond donors (Lipinski definition) is 2. The SMILES string of the molecule is CC1(C)CC(CC(CO)NCOC(C)(C)C)C1. The monoisotopic (exact) mass is 243 g/mol. The zero-order valence-corrected chi connectivity index (χ0v) is 12.0. The van der Waals surface area contributed by atoms with Crippen molar-refractivity contribution < 1.29 is 9.84 Å². The van der Waals surface area contributed by atoms with Crippen LogP contribution in [0.25, 0.3) is 0 Å². The van der Waals surface area contributed by atoms with Crippen LogP contribution in [0.2, 0.25) is 0 Å². The van der Waals surface area contributed by atoms with Crippen LogP contribution in [0, 0.1) is 11.3 Å². The van der Waals surface area contributed by atoms with Crippen molar-refractivity contribution in [3.8, 4) is 0 Å². The van der Waals surface area contributed by atoms with Crippen LogP contribution in [0.15, 0.2) is 0 Å². The van der Waals surface area contributed by atoms with Gasteiger partial charge in [0, 0.05) is 6.04 Å². The van der Waals surface area contributed by atoms with Crippen molar-refractivity contribution in [2.24, 2.45) is 11.3 Å². The Labute approximate surface area is 106 Å². The van der Waals surface area contributed by atoms with E-state index >= 15 is 0 Å². The number of hydrogen-bond acceptors (Lipinski definition) is 3. The van der Waals surface area contributed by atoms with Crippen LogP contribution >= 0.6 is 0 Å². The van der Waals surface area contributed by atoms with E-state index in [4.69, 9.17) is 4.74 Å². The lowest BCUT2D eigenvalue weighted by Crippen LogP contribution is -2.42. The lowest BCUT2D eigenvalue weighted by Gasteiger charge is -2.44. The van der Waals surface area contributed by atoms with E-state index in [1.165, 1.54) is 12.8 Å². The Morgan fingerprint density at radius 3 is 2.35 bits per heavy atom. The summed E-state index contributed by atoms with van der Waals surface area (Å²) in [5.74, 6) is 0.768. The van der Waals surface area contributed by atoms with Gasteiger partial charge < -0.3 is 9.84 Å². The number of rotatable bonds is 6. The van der Waals surface area contributed by atoms with Crippen molar-refractivity contribution in [3.05, 3.63) is 0 Å². The standard InChI is InChI=1S/C14H29NO2/c1-13(2,3)17-10-15-12(9-16)6-11-7-14(4,5)8-11/h11-12,15-16H,6-10H2,1-5H3. The first kappa shape index (κ1) is 14.9. The van der Waals surface area contributed by atoms with Crippen molar-refractivity contribution in [2.75, 3.05) is 13.3 Å². The van der Waals surface area contributed by atoms with Gasteiger partial charge in [-0.15, -0.1) is 0 Å². The maximum absolute atomic E-state index is 9.34. The fraction of sp³-hybridized carbons (Fsp3) is 1.00. The maximum atomic E-state index is 9.34. The molecule has 0 saturated heterocycles. The normalized spacial score (nSPS) is 22.2. The second kappa shape index (κ2) is 5.68. The second-order valence-electron chi connectivity index (χ2n) is 7.16. The Kier molecular flexibility index (Phi) is 4.99. The largest absolute Gasteiger partial charge is 0.395 e. The van der Waals surface area contributed by atoms with E-state index in [2.05, 4.69) is 19.2 Å². The van der Waals surface area contributed by atoms with Crippen LogP contribution in [0.4, 0.5) is 0 Å².